The molecule has 0 rings (SSSR count). The number of ether oxygens (including phenoxy) is 1. The summed E-state index contributed by atoms with van der Waals surface area (Å²) in [7, 11) is 0. The maximum atomic E-state index is 12.1. The number of hydrogen-bond acceptors (Lipinski definition) is 3. The van der Waals surface area contributed by atoms with E-state index in [0.717, 1.165) is 32.1 Å². The van der Waals surface area contributed by atoms with Crippen LogP contribution in [0.25, 0.3) is 0 Å². The normalized spacial score (nSPS) is 12.3. The van der Waals surface area contributed by atoms with E-state index in [1.165, 1.54) is 83.5 Å². The smallest absolute Gasteiger partial charge is 0.306 e. The highest BCUT2D eigenvalue weighted by Gasteiger charge is 2.13. The number of nitrogens with two attached hydrogens (primary N) is 1. The van der Waals surface area contributed by atoms with Crippen molar-refractivity contribution in [3.63, 3.8) is 0 Å². The van der Waals surface area contributed by atoms with E-state index >= 15 is 0 Å². The molecule has 0 saturated heterocycles. The fourth-order valence-electron chi connectivity index (χ4n) is 3.60. The molecule has 3 heteroatoms. The van der Waals surface area contributed by atoms with Gasteiger partial charge in [0.2, 0.25) is 0 Å². The van der Waals surface area contributed by atoms with Crippen LogP contribution in [-0.4, -0.2) is 18.6 Å². The third-order valence-electron chi connectivity index (χ3n) is 5.40. The minimum Gasteiger partial charge on any atom is -0.462 e. The monoisotopic (exact) mass is 383 g/mol. The second-order valence-corrected chi connectivity index (χ2v) is 8.18. The molecule has 0 aromatic heterocycles. The summed E-state index contributed by atoms with van der Waals surface area (Å²) in [4.78, 5) is 12.1. The average Bonchev–Trinajstić information content (AvgIpc) is 2.66. The molecule has 0 unspecified atom stereocenters. The topological polar surface area (TPSA) is 52.3 Å². The van der Waals surface area contributed by atoms with Crippen LogP contribution in [0.2, 0.25) is 0 Å². The molecule has 0 spiro atoms. The van der Waals surface area contributed by atoms with E-state index in [0.29, 0.717) is 13.0 Å². The highest BCUT2D eigenvalue weighted by atomic mass is 16.5. The molecule has 0 aromatic rings. The van der Waals surface area contributed by atoms with Crippen LogP contribution in [0, 0.1) is 0 Å². The molecular weight excluding hydrogens is 334 g/mol. The molecule has 3 nitrogen and oxygen atoms in total. The van der Waals surface area contributed by atoms with E-state index in [1.54, 1.807) is 0 Å². The Morgan fingerprint density at radius 1 is 0.667 bits per heavy atom. The van der Waals surface area contributed by atoms with Crippen LogP contribution in [0.1, 0.15) is 136 Å². The summed E-state index contributed by atoms with van der Waals surface area (Å²) in [5.41, 5.74) is 5.70. The van der Waals surface area contributed by atoms with E-state index in [9.17, 15) is 4.79 Å². The average molecular weight is 384 g/mol. The predicted octanol–water partition coefficient (Wildman–Crippen LogP) is 7.31. The molecule has 2 N–H and O–H groups in total. The molecule has 0 aromatic carbocycles. The maximum absolute atomic E-state index is 12.1. The summed E-state index contributed by atoms with van der Waals surface area (Å²) < 4.78 is 5.69. The van der Waals surface area contributed by atoms with Crippen LogP contribution in [0.3, 0.4) is 0 Å². The fraction of sp³-hybridized carbons (Fsp3) is 0.958. The van der Waals surface area contributed by atoms with E-state index in [4.69, 9.17) is 10.5 Å². The predicted molar refractivity (Wildman–Crippen MR) is 118 cm³/mol. The third kappa shape index (κ3) is 20.0. The molecule has 0 aliphatic heterocycles. The molecule has 1 atom stereocenters. The number of carbonyl (C=O) groups excluding carboxylic acids is 1. The van der Waals surface area contributed by atoms with Gasteiger partial charge in [0.25, 0.3) is 0 Å². The summed E-state index contributed by atoms with van der Waals surface area (Å²) in [6.07, 6.45) is 23.0. The standard InChI is InChI=1S/C24H49NO2/c1-3-5-7-9-11-12-14-15-17-19-23(21-22-25)27-24(26)20-18-16-13-10-8-6-4-2/h23H,3-22,25H2,1-2H3/t23-/m1/s1. The number of unbranched alkanes of at least 4 members (excludes halogenated alkanes) is 14. The maximum Gasteiger partial charge on any atom is 0.306 e. The molecule has 0 amide bonds. The van der Waals surface area contributed by atoms with E-state index in [1.807, 2.05) is 0 Å². The Morgan fingerprint density at radius 2 is 1.11 bits per heavy atom. The highest BCUT2D eigenvalue weighted by molar-refractivity contribution is 5.69. The van der Waals surface area contributed by atoms with Gasteiger partial charge in [0.1, 0.15) is 6.10 Å². The molecule has 0 bridgehead atoms. The Labute approximate surface area is 170 Å². The van der Waals surface area contributed by atoms with Gasteiger partial charge in [0, 0.05) is 6.42 Å². The summed E-state index contributed by atoms with van der Waals surface area (Å²) in [5, 5.41) is 0. The molecule has 0 aliphatic rings. The van der Waals surface area contributed by atoms with Crippen molar-refractivity contribution in [1.29, 1.82) is 0 Å². The quantitative estimate of drug-likeness (QED) is 0.167. The molecule has 27 heavy (non-hydrogen) atoms. The van der Waals surface area contributed by atoms with Crippen molar-refractivity contribution < 1.29 is 9.53 Å². The first-order valence-electron chi connectivity index (χ1n) is 12.1. The molecule has 0 aliphatic carbocycles. The lowest BCUT2D eigenvalue weighted by atomic mass is 10.0. The van der Waals surface area contributed by atoms with Gasteiger partial charge in [0.15, 0.2) is 0 Å². The second kappa shape index (κ2) is 21.7. The van der Waals surface area contributed by atoms with Gasteiger partial charge < -0.3 is 10.5 Å². The van der Waals surface area contributed by atoms with E-state index in [-0.39, 0.29) is 12.1 Å². The summed E-state index contributed by atoms with van der Waals surface area (Å²) in [6, 6.07) is 0. The molecule has 0 radical (unpaired) electrons. The van der Waals surface area contributed by atoms with Crippen molar-refractivity contribution in [2.75, 3.05) is 6.54 Å². The highest BCUT2D eigenvalue weighted by Crippen LogP contribution is 2.15. The van der Waals surface area contributed by atoms with Crippen LogP contribution in [0.15, 0.2) is 0 Å². The first kappa shape index (κ1) is 26.4. The van der Waals surface area contributed by atoms with Gasteiger partial charge in [-0.1, -0.05) is 104 Å². The van der Waals surface area contributed by atoms with Crippen LogP contribution in [0.5, 0.6) is 0 Å². The minimum atomic E-state index is -0.0158. The van der Waals surface area contributed by atoms with Gasteiger partial charge in [-0.2, -0.15) is 0 Å². The number of rotatable bonds is 21. The Morgan fingerprint density at radius 3 is 1.59 bits per heavy atom. The van der Waals surface area contributed by atoms with Crippen LogP contribution in [0.4, 0.5) is 0 Å². The molecule has 162 valence electrons. The van der Waals surface area contributed by atoms with Gasteiger partial charge in [-0.05, 0) is 32.2 Å². The van der Waals surface area contributed by atoms with Crippen LogP contribution >= 0.6 is 0 Å². The van der Waals surface area contributed by atoms with Crippen molar-refractivity contribution >= 4 is 5.97 Å². The fourth-order valence-corrected chi connectivity index (χ4v) is 3.60. The zero-order chi connectivity index (χ0) is 20.0. The lowest BCUT2D eigenvalue weighted by molar-refractivity contribution is -0.149. The lowest BCUT2D eigenvalue weighted by Gasteiger charge is -2.17. The molecule has 0 heterocycles. The lowest BCUT2D eigenvalue weighted by Crippen LogP contribution is -2.21. The summed E-state index contributed by atoms with van der Waals surface area (Å²) >= 11 is 0. The van der Waals surface area contributed by atoms with Gasteiger partial charge in [-0.15, -0.1) is 0 Å². The van der Waals surface area contributed by atoms with Crippen molar-refractivity contribution in [2.24, 2.45) is 5.73 Å². The number of carbonyl (C=O) groups is 1. The molecule has 0 fully saturated rings. The van der Waals surface area contributed by atoms with Gasteiger partial charge in [0.05, 0.1) is 0 Å². The number of esters is 1. The van der Waals surface area contributed by atoms with Crippen molar-refractivity contribution in [1.82, 2.24) is 0 Å². The summed E-state index contributed by atoms with van der Waals surface area (Å²) in [5.74, 6) is -0.0158. The van der Waals surface area contributed by atoms with E-state index < -0.39 is 0 Å². The van der Waals surface area contributed by atoms with E-state index in [2.05, 4.69) is 13.8 Å². The minimum absolute atomic E-state index is 0.0158. The second-order valence-electron chi connectivity index (χ2n) is 8.18. The largest absolute Gasteiger partial charge is 0.462 e. The van der Waals surface area contributed by atoms with Gasteiger partial charge in [-0.25, -0.2) is 0 Å². The SMILES string of the molecule is CCCCCCCCCCC[C@H](CCN)OC(=O)CCCCCCCCC. The molecule has 0 saturated carbocycles. The summed E-state index contributed by atoms with van der Waals surface area (Å²) in [6.45, 7) is 5.11. The van der Waals surface area contributed by atoms with Crippen molar-refractivity contribution in [3.05, 3.63) is 0 Å². The van der Waals surface area contributed by atoms with Crippen LogP contribution in [-0.2, 0) is 9.53 Å². The van der Waals surface area contributed by atoms with Gasteiger partial charge >= 0.3 is 5.97 Å². The molecular formula is C24H49NO2. The number of hydrogen-bond donors (Lipinski definition) is 1. The van der Waals surface area contributed by atoms with Gasteiger partial charge in [-0.3, -0.25) is 4.79 Å². The first-order chi connectivity index (χ1) is 13.2. The first-order valence-corrected chi connectivity index (χ1v) is 12.1. The Balaban J connectivity index is 3.63. The Hall–Kier alpha value is -0.570. The Kier molecular flexibility index (Phi) is 21.3. The zero-order valence-electron chi connectivity index (χ0n) is 18.6. The van der Waals surface area contributed by atoms with Crippen molar-refractivity contribution in [2.45, 2.75) is 142 Å². The Bertz CT molecular complexity index is 307. The van der Waals surface area contributed by atoms with Crippen LogP contribution < -0.4 is 5.73 Å². The third-order valence-corrected chi connectivity index (χ3v) is 5.40. The van der Waals surface area contributed by atoms with Crippen molar-refractivity contribution in [3.8, 4) is 0 Å². The zero-order valence-corrected chi connectivity index (χ0v) is 18.6.